The summed E-state index contributed by atoms with van der Waals surface area (Å²) < 4.78 is 1.50. The highest BCUT2D eigenvalue weighted by molar-refractivity contribution is 5.70. The molecular weight excluding hydrogens is 236 g/mol. The predicted molar refractivity (Wildman–Crippen MR) is 75.9 cm³/mol. The first kappa shape index (κ1) is 13.1. The van der Waals surface area contributed by atoms with Crippen molar-refractivity contribution < 1.29 is 0 Å². The standard InChI is InChI=1S/C16H16N2O/c1-4-12-5-7-13(8-6-12)14-9-11(2)18(3)16(19)15(14)10-17/h5-9H,4H2,1-3H3. The molecule has 1 aromatic heterocycles. The Morgan fingerprint density at radius 1 is 1.26 bits per heavy atom. The van der Waals surface area contributed by atoms with Gasteiger partial charge in [0.25, 0.3) is 5.56 Å². The molecule has 0 saturated heterocycles. The van der Waals surface area contributed by atoms with Crippen LogP contribution >= 0.6 is 0 Å². The zero-order chi connectivity index (χ0) is 14.0. The molecule has 0 saturated carbocycles. The van der Waals surface area contributed by atoms with Gasteiger partial charge < -0.3 is 4.57 Å². The second kappa shape index (κ2) is 5.11. The Morgan fingerprint density at radius 2 is 1.89 bits per heavy atom. The Labute approximate surface area is 112 Å². The smallest absolute Gasteiger partial charge is 0.269 e. The zero-order valence-corrected chi connectivity index (χ0v) is 11.4. The maximum absolute atomic E-state index is 12.1. The van der Waals surface area contributed by atoms with Gasteiger partial charge in [0.05, 0.1) is 0 Å². The minimum atomic E-state index is -0.239. The van der Waals surface area contributed by atoms with Gasteiger partial charge in [-0.05, 0) is 30.5 Å². The van der Waals surface area contributed by atoms with Gasteiger partial charge in [-0.25, -0.2) is 0 Å². The maximum atomic E-state index is 12.1. The van der Waals surface area contributed by atoms with Crippen LogP contribution in [-0.4, -0.2) is 4.57 Å². The van der Waals surface area contributed by atoms with Crippen molar-refractivity contribution in [2.24, 2.45) is 7.05 Å². The number of aryl methyl sites for hydroxylation is 2. The number of aromatic nitrogens is 1. The van der Waals surface area contributed by atoms with Crippen molar-refractivity contribution in [3.63, 3.8) is 0 Å². The largest absolute Gasteiger partial charge is 0.315 e. The molecular formula is C16H16N2O. The Hall–Kier alpha value is -2.34. The molecule has 0 bridgehead atoms. The number of hydrogen-bond acceptors (Lipinski definition) is 2. The topological polar surface area (TPSA) is 45.8 Å². The molecule has 0 radical (unpaired) electrons. The highest BCUT2D eigenvalue weighted by Crippen LogP contribution is 2.22. The number of rotatable bonds is 2. The summed E-state index contributed by atoms with van der Waals surface area (Å²) in [7, 11) is 1.68. The molecule has 0 spiro atoms. The lowest BCUT2D eigenvalue weighted by atomic mass is 9.99. The number of nitrogens with zero attached hydrogens (tertiary/aromatic N) is 2. The third-order valence-corrected chi connectivity index (χ3v) is 3.46. The highest BCUT2D eigenvalue weighted by Gasteiger charge is 2.12. The number of benzene rings is 1. The van der Waals surface area contributed by atoms with Crippen LogP contribution in [0.5, 0.6) is 0 Å². The molecule has 1 heterocycles. The van der Waals surface area contributed by atoms with Crippen molar-refractivity contribution in [2.75, 3.05) is 0 Å². The minimum Gasteiger partial charge on any atom is -0.315 e. The molecule has 19 heavy (non-hydrogen) atoms. The Bertz CT molecular complexity index is 703. The van der Waals surface area contributed by atoms with Crippen molar-refractivity contribution in [2.45, 2.75) is 20.3 Å². The molecule has 0 fully saturated rings. The average Bonchev–Trinajstić information content (AvgIpc) is 2.44. The van der Waals surface area contributed by atoms with Crippen LogP contribution in [-0.2, 0) is 13.5 Å². The highest BCUT2D eigenvalue weighted by atomic mass is 16.1. The minimum absolute atomic E-state index is 0.206. The summed E-state index contributed by atoms with van der Waals surface area (Å²) in [6, 6.07) is 11.9. The van der Waals surface area contributed by atoms with Crippen LogP contribution in [0.1, 0.15) is 23.7 Å². The Balaban J connectivity index is 2.68. The lowest BCUT2D eigenvalue weighted by Gasteiger charge is -2.10. The van der Waals surface area contributed by atoms with E-state index in [0.29, 0.717) is 5.56 Å². The fourth-order valence-corrected chi connectivity index (χ4v) is 2.08. The molecule has 0 amide bonds. The van der Waals surface area contributed by atoms with Crippen molar-refractivity contribution in [3.05, 3.63) is 57.5 Å². The van der Waals surface area contributed by atoms with E-state index in [1.807, 2.05) is 43.3 Å². The van der Waals surface area contributed by atoms with E-state index in [1.54, 1.807) is 7.05 Å². The molecule has 0 aliphatic heterocycles. The summed E-state index contributed by atoms with van der Waals surface area (Å²) in [5.74, 6) is 0. The number of pyridine rings is 1. The second-order valence-electron chi connectivity index (χ2n) is 4.60. The van der Waals surface area contributed by atoms with Gasteiger partial charge in [0.1, 0.15) is 11.6 Å². The molecule has 0 aliphatic rings. The molecule has 2 aromatic rings. The fraction of sp³-hybridized carbons (Fsp3) is 0.250. The molecule has 0 unspecified atom stereocenters. The van der Waals surface area contributed by atoms with Crippen LogP contribution in [0, 0.1) is 18.3 Å². The van der Waals surface area contributed by atoms with Gasteiger partial charge in [0.15, 0.2) is 0 Å². The van der Waals surface area contributed by atoms with Gasteiger partial charge in [-0.3, -0.25) is 4.79 Å². The van der Waals surface area contributed by atoms with Crippen LogP contribution in [0.25, 0.3) is 11.1 Å². The van der Waals surface area contributed by atoms with Crippen LogP contribution < -0.4 is 5.56 Å². The van der Waals surface area contributed by atoms with E-state index in [4.69, 9.17) is 0 Å². The van der Waals surface area contributed by atoms with Crippen LogP contribution in [0.2, 0.25) is 0 Å². The van der Waals surface area contributed by atoms with Gasteiger partial charge in [-0.2, -0.15) is 5.26 Å². The van der Waals surface area contributed by atoms with E-state index in [2.05, 4.69) is 6.92 Å². The quantitative estimate of drug-likeness (QED) is 0.825. The summed E-state index contributed by atoms with van der Waals surface area (Å²) in [4.78, 5) is 12.1. The molecule has 0 aliphatic carbocycles. The van der Waals surface area contributed by atoms with Crippen molar-refractivity contribution in [1.29, 1.82) is 5.26 Å². The normalized spacial score (nSPS) is 10.2. The molecule has 1 aromatic carbocycles. The monoisotopic (exact) mass is 252 g/mol. The Morgan fingerprint density at radius 3 is 2.42 bits per heavy atom. The lowest BCUT2D eigenvalue weighted by Crippen LogP contribution is -2.22. The zero-order valence-electron chi connectivity index (χ0n) is 11.4. The Kier molecular flexibility index (Phi) is 3.52. The first-order valence-corrected chi connectivity index (χ1v) is 6.28. The third kappa shape index (κ3) is 2.30. The first-order chi connectivity index (χ1) is 9.08. The van der Waals surface area contributed by atoms with Crippen molar-refractivity contribution >= 4 is 0 Å². The summed E-state index contributed by atoms with van der Waals surface area (Å²) in [6.45, 7) is 3.96. The van der Waals surface area contributed by atoms with Crippen molar-refractivity contribution in [3.8, 4) is 17.2 Å². The summed E-state index contributed by atoms with van der Waals surface area (Å²) >= 11 is 0. The molecule has 2 rings (SSSR count). The van der Waals surface area contributed by atoms with Gasteiger partial charge >= 0.3 is 0 Å². The number of hydrogen-bond donors (Lipinski definition) is 0. The third-order valence-electron chi connectivity index (χ3n) is 3.46. The molecule has 0 atom stereocenters. The maximum Gasteiger partial charge on any atom is 0.269 e. The van der Waals surface area contributed by atoms with Gasteiger partial charge in [0.2, 0.25) is 0 Å². The fourth-order valence-electron chi connectivity index (χ4n) is 2.08. The predicted octanol–water partition coefficient (Wildman–Crippen LogP) is 2.79. The van der Waals surface area contributed by atoms with E-state index in [9.17, 15) is 10.1 Å². The van der Waals surface area contributed by atoms with Gasteiger partial charge in [-0.15, -0.1) is 0 Å². The van der Waals surface area contributed by atoms with Crippen LogP contribution in [0.3, 0.4) is 0 Å². The van der Waals surface area contributed by atoms with Crippen LogP contribution in [0.15, 0.2) is 35.1 Å². The molecule has 96 valence electrons. The molecule has 0 N–H and O–H groups in total. The SMILES string of the molecule is CCc1ccc(-c2cc(C)n(C)c(=O)c2C#N)cc1. The summed E-state index contributed by atoms with van der Waals surface area (Å²) in [6.07, 6.45) is 0.973. The second-order valence-corrected chi connectivity index (χ2v) is 4.60. The average molecular weight is 252 g/mol. The van der Waals surface area contributed by atoms with E-state index in [-0.39, 0.29) is 11.1 Å². The molecule has 3 nitrogen and oxygen atoms in total. The number of nitriles is 1. The van der Waals surface area contributed by atoms with Gasteiger partial charge in [-0.1, -0.05) is 31.2 Å². The lowest BCUT2D eigenvalue weighted by molar-refractivity contribution is 0.816. The van der Waals surface area contributed by atoms with E-state index >= 15 is 0 Å². The van der Waals surface area contributed by atoms with E-state index in [0.717, 1.165) is 17.7 Å². The van der Waals surface area contributed by atoms with Crippen LogP contribution in [0.4, 0.5) is 0 Å². The van der Waals surface area contributed by atoms with Crippen molar-refractivity contribution in [1.82, 2.24) is 4.57 Å². The first-order valence-electron chi connectivity index (χ1n) is 6.28. The molecule has 3 heteroatoms. The van der Waals surface area contributed by atoms with Gasteiger partial charge in [0, 0.05) is 18.3 Å². The van der Waals surface area contributed by atoms with E-state index in [1.165, 1.54) is 10.1 Å². The van der Waals surface area contributed by atoms with E-state index < -0.39 is 0 Å². The summed E-state index contributed by atoms with van der Waals surface area (Å²) in [5.41, 5.74) is 3.68. The summed E-state index contributed by atoms with van der Waals surface area (Å²) in [5, 5.41) is 9.21.